The van der Waals surface area contributed by atoms with Crippen molar-refractivity contribution in [1.82, 2.24) is 10.1 Å². The summed E-state index contributed by atoms with van der Waals surface area (Å²) in [6, 6.07) is 25.5. The zero-order valence-corrected chi connectivity index (χ0v) is 20.4. The molecular formula is C30H28N2O4. The van der Waals surface area contributed by atoms with E-state index in [-0.39, 0.29) is 5.91 Å². The second-order valence-electron chi connectivity index (χ2n) is 9.53. The molecule has 1 saturated carbocycles. The van der Waals surface area contributed by atoms with Gasteiger partial charge in [-0.05, 0) is 42.0 Å². The van der Waals surface area contributed by atoms with Gasteiger partial charge in [0.1, 0.15) is 0 Å². The Morgan fingerprint density at radius 2 is 1.50 bits per heavy atom. The molecule has 1 aliphatic rings. The Labute approximate surface area is 210 Å². The Morgan fingerprint density at radius 1 is 0.917 bits per heavy atom. The molecule has 1 aromatic heterocycles. The van der Waals surface area contributed by atoms with Gasteiger partial charge in [0.2, 0.25) is 5.91 Å². The van der Waals surface area contributed by atoms with Gasteiger partial charge in [0.25, 0.3) is 0 Å². The highest BCUT2D eigenvalue weighted by Crippen LogP contribution is 2.48. The summed E-state index contributed by atoms with van der Waals surface area (Å²) in [5, 5.41) is 13.7. The molecule has 0 unspecified atom stereocenters. The first-order chi connectivity index (χ1) is 17.4. The molecule has 182 valence electrons. The van der Waals surface area contributed by atoms with Crippen LogP contribution in [0.5, 0.6) is 0 Å². The maximum atomic E-state index is 12.8. The molecule has 36 heavy (non-hydrogen) atoms. The van der Waals surface area contributed by atoms with Crippen molar-refractivity contribution in [1.29, 1.82) is 0 Å². The summed E-state index contributed by atoms with van der Waals surface area (Å²) in [6.07, 6.45) is 1.74. The number of rotatable bonds is 8. The summed E-state index contributed by atoms with van der Waals surface area (Å²) in [5.41, 5.74) is 5.73. The lowest BCUT2D eigenvalue weighted by molar-refractivity contribution is -0.140. The van der Waals surface area contributed by atoms with Gasteiger partial charge in [0, 0.05) is 18.2 Å². The number of hydrogen-bond donors (Lipinski definition) is 1. The van der Waals surface area contributed by atoms with E-state index >= 15 is 0 Å². The van der Waals surface area contributed by atoms with Gasteiger partial charge >= 0.3 is 5.97 Å². The average molecular weight is 481 g/mol. The third-order valence-corrected chi connectivity index (χ3v) is 7.08. The van der Waals surface area contributed by atoms with Crippen molar-refractivity contribution in [3.63, 3.8) is 0 Å². The number of amides is 1. The molecule has 6 heteroatoms. The van der Waals surface area contributed by atoms with Gasteiger partial charge in [-0.25, -0.2) is 0 Å². The van der Waals surface area contributed by atoms with E-state index in [1.54, 1.807) is 11.9 Å². The monoisotopic (exact) mass is 480 g/mol. The fourth-order valence-corrected chi connectivity index (χ4v) is 4.58. The van der Waals surface area contributed by atoms with Crippen molar-refractivity contribution in [2.75, 3.05) is 7.05 Å². The third kappa shape index (κ3) is 4.54. The Morgan fingerprint density at radius 3 is 2.08 bits per heavy atom. The van der Waals surface area contributed by atoms with E-state index in [1.165, 1.54) is 0 Å². The molecule has 1 aliphatic carbocycles. The largest absolute Gasteiger partial charge is 0.481 e. The predicted molar refractivity (Wildman–Crippen MR) is 137 cm³/mol. The van der Waals surface area contributed by atoms with Crippen molar-refractivity contribution in [2.45, 2.75) is 38.1 Å². The lowest BCUT2D eigenvalue weighted by Gasteiger charge is -2.17. The van der Waals surface area contributed by atoms with E-state index in [2.05, 4.69) is 5.16 Å². The SMILES string of the molecule is Cc1noc(-c2ccc(-c3ccc(C4(C(=O)O)CC4)cc3)cc2)c1CN(C)C(=O)Cc1ccccc1. The van der Waals surface area contributed by atoms with E-state index in [4.69, 9.17) is 4.52 Å². The number of carbonyl (C=O) groups is 2. The number of aryl methyl sites for hydroxylation is 1. The summed E-state index contributed by atoms with van der Waals surface area (Å²) in [6.45, 7) is 2.29. The van der Waals surface area contributed by atoms with Crippen LogP contribution in [-0.4, -0.2) is 34.1 Å². The third-order valence-electron chi connectivity index (χ3n) is 7.08. The van der Waals surface area contributed by atoms with Crippen LogP contribution in [0.25, 0.3) is 22.5 Å². The van der Waals surface area contributed by atoms with E-state index < -0.39 is 11.4 Å². The molecular weight excluding hydrogens is 452 g/mol. The highest BCUT2D eigenvalue weighted by molar-refractivity contribution is 5.85. The van der Waals surface area contributed by atoms with Crippen molar-refractivity contribution in [3.8, 4) is 22.5 Å². The van der Waals surface area contributed by atoms with Gasteiger partial charge in [-0.2, -0.15) is 0 Å². The summed E-state index contributed by atoms with van der Waals surface area (Å²) in [5.74, 6) is -0.0570. The van der Waals surface area contributed by atoms with Crippen LogP contribution >= 0.6 is 0 Å². The van der Waals surface area contributed by atoms with Gasteiger partial charge < -0.3 is 14.5 Å². The minimum Gasteiger partial charge on any atom is -0.481 e. The second-order valence-corrected chi connectivity index (χ2v) is 9.53. The highest BCUT2D eigenvalue weighted by Gasteiger charge is 2.51. The molecule has 1 fully saturated rings. The van der Waals surface area contributed by atoms with Crippen molar-refractivity contribution in [3.05, 3.63) is 101 Å². The minimum atomic E-state index is -0.745. The standard InChI is InChI=1S/C30H28N2O4/c1-20-26(19-32(2)27(33)18-21-6-4-3-5-7-21)28(36-31-20)24-10-8-22(9-11-24)23-12-14-25(15-13-23)30(16-17-30)29(34)35/h3-15H,16-19H2,1-2H3,(H,34,35). The van der Waals surface area contributed by atoms with Crippen LogP contribution in [0.1, 0.15) is 35.2 Å². The summed E-state index contributed by atoms with van der Waals surface area (Å²) >= 11 is 0. The quantitative estimate of drug-likeness (QED) is 0.353. The Balaban J connectivity index is 1.31. The molecule has 0 atom stereocenters. The van der Waals surface area contributed by atoms with Crippen LogP contribution in [-0.2, 0) is 28.0 Å². The molecule has 1 heterocycles. The molecule has 1 amide bonds. The number of nitrogens with zero attached hydrogens (tertiary/aromatic N) is 2. The maximum Gasteiger partial charge on any atom is 0.314 e. The molecule has 0 bridgehead atoms. The second kappa shape index (κ2) is 9.46. The first-order valence-electron chi connectivity index (χ1n) is 12.1. The number of benzene rings is 3. The molecule has 6 nitrogen and oxygen atoms in total. The van der Waals surface area contributed by atoms with E-state index in [0.29, 0.717) is 31.6 Å². The summed E-state index contributed by atoms with van der Waals surface area (Å²) < 4.78 is 5.66. The smallest absolute Gasteiger partial charge is 0.314 e. The first kappa shape index (κ1) is 23.5. The van der Waals surface area contributed by atoms with Crippen molar-refractivity contribution in [2.24, 2.45) is 0 Å². The average Bonchev–Trinajstić information content (AvgIpc) is 3.64. The number of aliphatic carboxylic acids is 1. The van der Waals surface area contributed by atoms with Crippen LogP contribution in [0.4, 0.5) is 0 Å². The molecule has 1 N–H and O–H groups in total. The lowest BCUT2D eigenvalue weighted by atomic mass is 9.93. The van der Waals surface area contributed by atoms with Crippen LogP contribution in [0.15, 0.2) is 83.4 Å². The number of likely N-dealkylation sites (N-methyl/N-ethyl adjacent to an activating group) is 1. The van der Waals surface area contributed by atoms with Gasteiger partial charge in [-0.3, -0.25) is 9.59 Å². The Bertz CT molecular complexity index is 1390. The minimum absolute atomic E-state index is 0.0300. The molecule has 0 spiro atoms. The molecule has 4 aromatic rings. The first-order valence-corrected chi connectivity index (χ1v) is 12.1. The number of carbonyl (C=O) groups excluding carboxylic acids is 1. The number of hydrogen-bond acceptors (Lipinski definition) is 4. The number of carboxylic acids is 1. The van der Waals surface area contributed by atoms with Crippen LogP contribution in [0.2, 0.25) is 0 Å². The van der Waals surface area contributed by atoms with Crippen LogP contribution < -0.4 is 0 Å². The zero-order chi connectivity index (χ0) is 25.3. The van der Waals surface area contributed by atoms with Crippen molar-refractivity contribution >= 4 is 11.9 Å². The number of aromatic nitrogens is 1. The Kier molecular flexibility index (Phi) is 6.18. The summed E-state index contributed by atoms with van der Waals surface area (Å²) in [4.78, 5) is 26.1. The lowest BCUT2D eigenvalue weighted by Crippen LogP contribution is -2.28. The molecule has 0 radical (unpaired) electrons. The normalized spacial score (nSPS) is 13.8. The molecule has 3 aromatic carbocycles. The van der Waals surface area contributed by atoms with Crippen molar-refractivity contribution < 1.29 is 19.2 Å². The highest BCUT2D eigenvalue weighted by atomic mass is 16.5. The topological polar surface area (TPSA) is 83.6 Å². The predicted octanol–water partition coefficient (Wildman–Crippen LogP) is 5.63. The van der Waals surface area contributed by atoms with E-state index in [1.807, 2.05) is 85.8 Å². The zero-order valence-electron chi connectivity index (χ0n) is 20.4. The summed E-state index contributed by atoms with van der Waals surface area (Å²) in [7, 11) is 1.80. The van der Waals surface area contributed by atoms with Crippen LogP contribution in [0.3, 0.4) is 0 Å². The van der Waals surface area contributed by atoms with E-state index in [0.717, 1.165) is 39.1 Å². The number of carboxylic acid groups (broad SMARTS) is 1. The molecule has 5 rings (SSSR count). The van der Waals surface area contributed by atoms with Gasteiger partial charge in [-0.1, -0.05) is 84.0 Å². The van der Waals surface area contributed by atoms with Crippen LogP contribution in [0, 0.1) is 6.92 Å². The van der Waals surface area contributed by atoms with Gasteiger partial charge in [0.15, 0.2) is 5.76 Å². The molecule has 0 aliphatic heterocycles. The fourth-order valence-electron chi connectivity index (χ4n) is 4.58. The maximum absolute atomic E-state index is 12.8. The Hall–Kier alpha value is -4.19. The fraction of sp³-hybridized carbons (Fsp3) is 0.233. The molecule has 0 saturated heterocycles. The van der Waals surface area contributed by atoms with E-state index in [9.17, 15) is 14.7 Å². The van der Waals surface area contributed by atoms with Gasteiger partial charge in [-0.15, -0.1) is 0 Å². The van der Waals surface area contributed by atoms with Gasteiger partial charge in [0.05, 0.1) is 24.1 Å².